The first-order chi connectivity index (χ1) is 11.2. The Morgan fingerprint density at radius 3 is 2.48 bits per heavy atom. The number of benzene rings is 1. The summed E-state index contributed by atoms with van der Waals surface area (Å²) in [6.07, 6.45) is 5.92. The van der Waals surface area contributed by atoms with Crippen LogP contribution in [0, 0.1) is 0 Å². The Hall–Kier alpha value is -2.30. The molecule has 0 radical (unpaired) electrons. The fourth-order valence-corrected chi connectivity index (χ4v) is 2.87. The Morgan fingerprint density at radius 2 is 1.78 bits per heavy atom. The van der Waals surface area contributed by atoms with Crippen LogP contribution in [0.25, 0.3) is 5.69 Å². The third-order valence-corrected chi connectivity index (χ3v) is 4.15. The molecule has 0 spiro atoms. The minimum atomic E-state index is -0.507. The molecule has 1 saturated heterocycles. The number of nitrogens with zero attached hydrogens (tertiary/aromatic N) is 3. The number of aromatic nitrogens is 2. The monoisotopic (exact) mass is 313 g/mol. The number of likely N-dealkylation sites (tertiary alicyclic amines) is 1. The quantitative estimate of drug-likeness (QED) is 0.871. The number of carbonyl (C=O) groups is 1. The smallest absolute Gasteiger partial charge is 0.263 e. The van der Waals surface area contributed by atoms with Gasteiger partial charge < -0.3 is 9.64 Å². The van der Waals surface area contributed by atoms with Crippen LogP contribution < -0.4 is 4.74 Å². The molecule has 1 aliphatic rings. The number of amides is 1. The van der Waals surface area contributed by atoms with Crippen molar-refractivity contribution in [3.8, 4) is 11.6 Å². The zero-order chi connectivity index (χ0) is 16.1. The second-order valence-corrected chi connectivity index (χ2v) is 5.93. The molecule has 1 aromatic carbocycles. The first-order valence-electron chi connectivity index (χ1n) is 8.30. The highest BCUT2D eigenvalue weighted by atomic mass is 16.5. The van der Waals surface area contributed by atoms with Crippen LogP contribution in [-0.2, 0) is 4.79 Å². The molecule has 1 amide bonds. The Bertz CT molecular complexity index is 631. The summed E-state index contributed by atoms with van der Waals surface area (Å²) < 4.78 is 7.50. The van der Waals surface area contributed by atoms with Gasteiger partial charge in [-0.1, -0.05) is 31.0 Å². The largest absolute Gasteiger partial charge is 0.463 e. The summed E-state index contributed by atoms with van der Waals surface area (Å²) in [7, 11) is 0. The van der Waals surface area contributed by atoms with Gasteiger partial charge in [0.15, 0.2) is 6.10 Å². The average molecular weight is 313 g/mol. The number of ether oxygens (including phenoxy) is 1. The van der Waals surface area contributed by atoms with E-state index in [1.807, 2.05) is 41.4 Å². The summed E-state index contributed by atoms with van der Waals surface area (Å²) in [5.74, 6) is 0.533. The SMILES string of the molecule is C[C@H](Oc1ccn(-c2ccccc2)n1)C(=O)N1CCCCCC1. The number of carbonyl (C=O) groups excluding carboxylic acids is 1. The number of hydrogen-bond donors (Lipinski definition) is 0. The molecule has 0 N–H and O–H groups in total. The standard InChI is InChI=1S/C18H23N3O2/c1-15(18(22)20-12-7-2-3-8-13-20)23-17-11-14-21(19-17)16-9-5-4-6-10-16/h4-6,9-11,14-15H,2-3,7-8,12-13H2,1H3/t15-/m0/s1. The van der Waals surface area contributed by atoms with Gasteiger partial charge >= 0.3 is 0 Å². The molecule has 0 saturated carbocycles. The minimum absolute atomic E-state index is 0.0566. The number of para-hydroxylation sites is 1. The van der Waals surface area contributed by atoms with E-state index in [1.54, 1.807) is 17.7 Å². The maximum Gasteiger partial charge on any atom is 0.263 e. The van der Waals surface area contributed by atoms with Gasteiger partial charge in [0.1, 0.15) is 0 Å². The molecule has 23 heavy (non-hydrogen) atoms. The molecule has 2 aromatic rings. The molecule has 0 aliphatic carbocycles. The predicted molar refractivity (Wildman–Crippen MR) is 88.7 cm³/mol. The lowest BCUT2D eigenvalue weighted by Crippen LogP contribution is -2.41. The third-order valence-electron chi connectivity index (χ3n) is 4.15. The van der Waals surface area contributed by atoms with E-state index in [0.29, 0.717) is 5.88 Å². The van der Waals surface area contributed by atoms with Gasteiger partial charge in [-0.15, -0.1) is 5.10 Å². The van der Waals surface area contributed by atoms with Gasteiger partial charge in [-0.2, -0.15) is 0 Å². The van der Waals surface area contributed by atoms with Crippen LogP contribution in [0.1, 0.15) is 32.6 Å². The highest BCUT2D eigenvalue weighted by Crippen LogP contribution is 2.15. The molecule has 1 atom stereocenters. The molecule has 1 fully saturated rings. The Labute approximate surface area is 136 Å². The maximum absolute atomic E-state index is 12.5. The van der Waals surface area contributed by atoms with Crippen molar-refractivity contribution >= 4 is 5.91 Å². The molecule has 1 aliphatic heterocycles. The summed E-state index contributed by atoms with van der Waals surface area (Å²) in [5, 5.41) is 4.39. The van der Waals surface area contributed by atoms with Crippen LogP contribution in [0.15, 0.2) is 42.6 Å². The second kappa shape index (κ2) is 7.31. The number of rotatable bonds is 4. The van der Waals surface area contributed by atoms with Crippen LogP contribution in [0.4, 0.5) is 0 Å². The molecule has 1 aromatic heterocycles. The topological polar surface area (TPSA) is 47.4 Å². The van der Waals surface area contributed by atoms with Gasteiger partial charge in [0.05, 0.1) is 5.69 Å². The first-order valence-corrected chi connectivity index (χ1v) is 8.30. The van der Waals surface area contributed by atoms with Crippen LogP contribution in [-0.4, -0.2) is 39.8 Å². The second-order valence-electron chi connectivity index (χ2n) is 5.93. The summed E-state index contributed by atoms with van der Waals surface area (Å²) in [5.41, 5.74) is 0.967. The van der Waals surface area contributed by atoms with Crippen molar-refractivity contribution in [2.45, 2.75) is 38.7 Å². The zero-order valence-corrected chi connectivity index (χ0v) is 13.5. The van der Waals surface area contributed by atoms with Gasteiger partial charge in [-0.3, -0.25) is 4.79 Å². The summed E-state index contributed by atoms with van der Waals surface area (Å²) in [6, 6.07) is 11.6. The minimum Gasteiger partial charge on any atom is -0.463 e. The molecule has 122 valence electrons. The summed E-state index contributed by atoms with van der Waals surface area (Å²) in [4.78, 5) is 14.4. The van der Waals surface area contributed by atoms with Crippen LogP contribution >= 0.6 is 0 Å². The van der Waals surface area contributed by atoms with Gasteiger partial charge in [-0.05, 0) is 31.9 Å². The van der Waals surface area contributed by atoms with E-state index in [1.165, 1.54) is 12.8 Å². The van der Waals surface area contributed by atoms with E-state index in [4.69, 9.17) is 4.74 Å². The maximum atomic E-state index is 12.5. The molecule has 5 nitrogen and oxygen atoms in total. The Kier molecular flexibility index (Phi) is 4.95. The van der Waals surface area contributed by atoms with Crippen molar-refractivity contribution in [3.63, 3.8) is 0 Å². The van der Waals surface area contributed by atoms with E-state index >= 15 is 0 Å². The van der Waals surface area contributed by atoms with E-state index in [0.717, 1.165) is 31.6 Å². The molecule has 5 heteroatoms. The lowest BCUT2D eigenvalue weighted by atomic mass is 10.2. The van der Waals surface area contributed by atoms with E-state index < -0.39 is 6.10 Å². The highest BCUT2D eigenvalue weighted by molar-refractivity contribution is 5.80. The highest BCUT2D eigenvalue weighted by Gasteiger charge is 2.23. The van der Waals surface area contributed by atoms with Crippen molar-refractivity contribution in [1.29, 1.82) is 0 Å². The van der Waals surface area contributed by atoms with Crippen molar-refractivity contribution in [1.82, 2.24) is 14.7 Å². The lowest BCUT2D eigenvalue weighted by Gasteiger charge is -2.23. The fourth-order valence-electron chi connectivity index (χ4n) is 2.87. The number of hydrogen-bond acceptors (Lipinski definition) is 3. The van der Waals surface area contributed by atoms with Gasteiger partial charge in [0.25, 0.3) is 5.91 Å². The van der Waals surface area contributed by atoms with Gasteiger partial charge in [0, 0.05) is 25.4 Å². The first kappa shape index (κ1) is 15.6. The fraction of sp³-hybridized carbons (Fsp3) is 0.444. The summed E-state index contributed by atoms with van der Waals surface area (Å²) in [6.45, 7) is 3.48. The van der Waals surface area contributed by atoms with E-state index in [9.17, 15) is 4.79 Å². The van der Waals surface area contributed by atoms with Crippen LogP contribution in [0.5, 0.6) is 5.88 Å². The lowest BCUT2D eigenvalue weighted by molar-refractivity contribution is -0.138. The van der Waals surface area contributed by atoms with E-state index in [-0.39, 0.29) is 5.91 Å². The normalized spacial score (nSPS) is 16.7. The van der Waals surface area contributed by atoms with Crippen molar-refractivity contribution < 1.29 is 9.53 Å². The molecule has 2 heterocycles. The van der Waals surface area contributed by atoms with Crippen LogP contribution in [0.2, 0.25) is 0 Å². The third kappa shape index (κ3) is 3.92. The van der Waals surface area contributed by atoms with Crippen molar-refractivity contribution in [2.24, 2.45) is 0 Å². The molecular formula is C18H23N3O2. The molecule has 3 rings (SSSR count). The Balaban J connectivity index is 1.62. The van der Waals surface area contributed by atoms with Crippen molar-refractivity contribution in [2.75, 3.05) is 13.1 Å². The van der Waals surface area contributed by atoms with Crippen molar-refractivity contribution in [3.05, 3.63) is 42.6 Å². The molecule has 0 bridgehead atoms. The van der Waals surface area contributed by atoms with Gasteiger partial charge in [0.2, 0.25) is 5.88 Å². The predicted octanol–water partition coefficient (Wildman–Crippen LogP) is 3.04. The van der Waals surface area contributed by atoms with Gasteiger partial charge in [-0.25, -0.2) is 4.68 Å². The zero-order valence-electron chi connectivity index (χ0n) is 13.5. The molecule has 0 unspecified atom stereocenters. The average Bonchev–Trinajstić information content (AvgIpc) is 2.88. The van der Waals surface area contributed by atoms with Crippen LogP contribution in [0.3, 0.4) is 0 Å². The van der Waals surface area contributed by atoms with E-state index in [2.05, 4.69) is 5.10 Å². The summed E-state index contributed by atoms with van der Waals surface area (Å²) >= 11 is 0. The molecular weight excluding hydrogens is 290 g/mol. The Morgan fingerprint density at radius 1 is 1.09 bits per heavy atom.